The van der Waals surface area contributed by atoms with Gasteiger partial charge in [0.25, 0.3) is 6.43 Å². The molecular weight excluding hydrogens is 222 g/mol. The molecule has 4 heteroatoms. The summed E-state index contributed by atoms with van der Waals surface area (Å²) in [5.41, 5.74) is 3.15. The van der Waals surface area contributed by atoms with Crippen LogP contribution in [0.3, 0.4) is 0 Å². The fourth-order valence-corrected chi connectivity index (χ4v) is 2.02. The maximum atomic E-state index is 12.7. The number of nitrogens with zero attached hydrogens (tertiary/aromatic N) is 1. The van der Waals surface area contributed by atoms with Crippen molar-refractivity contribution in [2.24, 2.45) is 0 Å². The van der Waals surface area contributed by atoms with Gasteiger partial charge in [0.05, 0.1) is 5.52 Å². The van der Waals surface area contributed by atoms with Crippen LogP contribution in [0.5, 0.6) is 0 Å². The number of anilines is 1. The molecule has 1 aromatic heterocycles. The predicted molar refractivity (Wildman–Crippen MR) is 65.7 cm³/mol. The van der Waals surface area contributed by atoms with Gasteiger partial charge in [-0.05, 0) is 31.5 Å². The third kappa shape index (κ3) is 2.07. The second-order valence-electron chi connectivity index (χ2n) is 4.12. The Bertz CT molecular complexity index is 565. The van der Waals surface area contributed by atoms with E-state index in [-0.39, 0.29) is 5.69 Å². The van der Waals surface area contributed by atoms with Crippen LogP contribution >= 0.6 is 0 Å². The van der Waals surface area contributed by atoms with E-state index in [1.807, 2.05) is 26.0 Å². The minimum Gasteiger partial charge on any atom is -0.388 e. The Morgan fingerprint density at radius 2 is 1.88 bits per heavy atom. The molecule has 0 bridgehead atoms. The lowest BCUT2D eigenvalue weighted by Crippen LogP contribution is -1.98. The molecule has 0 spiro atoms. The Kier molecular flexibility index (Phi) is 2.96. The lowest BCUT2D eigenvalue weighted by Gasteiger charge is -2.11. The number of aryl methyl sites for hydroxylation is 2. The number of fused-ring (bicyclic) bond motifs is 1. The van der Waals surface area contributed by atoms with Crippen molar-refractivity contribution in [2.45, 2.75) is 20.3 Å². The zero-order chi connectivity index (χ0) is 12.6. The van der Waals surface area contributed by atoms with Gasteiger partial charge in [0.1, 0.15) is 5.69 Å². The molecule has 0 fully saturated rings. The monoisotopic (exact) mass is 236 g/mol. The van der Waals surface area contributed by atoms with E-state index < -0.39 is 6.43 Å². The van der Waals surface area contributed by atoms with E-state index in [1.165, 1.54) is 6.07 Å². The van der Waals surface area contributed by atoms with Gasteiger partial charge in [-0.25, -0.2) is 13.8 Å². The first-order valence-electron chi connectivity index (χ1n) is 5.40. The van der Waals surface area contributed by atoms with Crippen LogP contribution in [0.2, 0.25) is 0 Å². The molecule has 0 unspecified atom stereocenters. The van der Waals surface area contributed by atoms with Crippen LogP contribution in [-0.2, 0) is 0 Å². The van der Waals surface area contributed by atoms with Gasteiger partial charge in [0, 0.05) is 18.1 Å². The minimum atomic E-state index is -2.55. The van der Waals surface area contributed by atoms with E-state index in [4.69, 9.17) is 0 Å². The van der Waals surface area contributed by atoms with Crippen molar-refractivity contribution in [1.29, 1.82) is 0 Å². The van der Waals surface area contributed by atoms with Crippen LogP contribution in [0.15, 0.2) is 18.2 Å². The number of halogens is 2. The summed E-state index contributed by atoms with van der Waals surface area (Å²) in [5, 5.41) is 3.83. The van der Waals surface area contributed by atoms with Gasteiger partial charge in [-0.15, -0.1) is 0 Å². The Balaban J connectivity index is 2.82. The topological polar surface area (TPSA) is 24.9 Å². The van der Waals surface area contributed by atoms with Crippen molar-refractivity contribution in [2.75, 3.05) is 12.4 Å². The molecule has 90 valence electrons. The molecule has 1 aromatic carbocycles. The SMILES string of the molecule is CNc1cc(C(F)F)nc2c(C)cc(C)cc12. The van der Waals surface area contributed by atoms with Crippen molar-refractivity contribution >= 4 is 16.6 Å². The van der Waals surface area contributed by atoms with Crippen LogP contribution in [0.1, 0.15) is 23.2 Å². The number of benzene rings is 1. The van der Waals surface area contributed by atoms with Gasteiger partial charge < -0.3 is 5.32 Å². The number of alkyl halides is 2. The van der Waals surface area contributed by atoms with Gasteiger partial charge in [0.2, 0.25) is 0 Å². The summed E-state index contributed by atoms with van der Waals surface area (Å²) in [7, 11) is 1.72. The van der Waals surface area contributed by atoms with E-state index in [9.17, 15) is 8.78 Å². The van der Waals surface area contributed by atoms with Gasteiger partial charge in [-0.2, -0.15) is 0 Å². The Labute approximate surface area is 98.7 Å². The molecule has 0 aliphatic rings. The second kappa shape index (κ2) is 4.28. The van der Waals surface area contributed by atoms with Crippen molar-refractivity contribution in [3.8, 4) is 0 Å². The first kappa shape index (κ1) is 11.8. The summed E-state index contributed by atoms with van der Waals surface area (Å²) < 4.78 is 25.5. The van der Waals surface area contributed by atoms with Crippen molar-refractivity contribution in [3.05, 3.63) is 35.0 Å². The zero-order valence-electron chi connectivity index (χ0n) is 10.0. The van der Waals surface area contributed by atoms with Gasteiger partial charge in [0.15, 0.2) is 0 Å². The lowest BCUT2D eigenvalue weighted by molar-refractivity contribution is 0.146. The Morgan fingerprint density at radius 1 is 1.18 bits per heavy atom. The molecule has 2 nitrogen and oxygen atoms in total. The van der Waals surface area contributed by atoms with E-state index >= 15 is 0 Å². The Morgan fingerprint density at radius 3 is 2.47 bits per heavy atom. The normalized spacial score (nSPS) is 11.2. The summed E-state index contributed by atoms with van der Waals surface area (Å²) in [4.78, 5) is 4.03. The van der Waals surface area contributed by atoms with Gasteiger partial charge in [-0.3, -0.25) is 0 Å². The van der Waals surface area contributed by atoms with E-state index in [2.05, 4.69) is 10.3 Å². The minimum absolute atomic E-state index is 0.186. The highest BCUT2D eigenvalue weighted by atomic mass is 19.3. The number of pyridine rings is 1. The van der Waals surface area contributed by atoms with Crippen LogP contribution in [0.4, 0.5) is 14.5 Å². The zero-order valence-corrected chi connectivity index (χ0v) is 10.0. The smallest absolute Gasteiger partial charge is 0.280 e. The Hall–Kier alpha value is -1.71. The molecule has 0 amide bonds. The number of hydrogen-bond acceptors (Lipinski definition) is 2. The maximum Gasteiger partial charge on any atom is 0.280 e. The van der Waals surface area contributed by atoms with Crippen LogP contribution < -0.4 is 5.32 Å². The molecule has 1 heterocycles. The third-order valence-electron chi connectivity index (χ3n) is 2.76. The van der Waals surface area contributed by atoms with Crippen LogP contribution in [-0.4, -0.2) is 12.0 Å². The summed E-state index contributed by atoms with van der Waals surface area (Å²) in [6.45, 7) is 3.87. The molecule has 1 N–H and O–H groups in total. The van der Waals surface area contributed by atoms with E-state index in [0.29, 0.717) is 11.2 Å². The summed E-state index contributed by atoms with van der Waals surface area (Å²) >= 11 is 0. The molecule has 0 aliphatic heterocycles. The summed E-state index contributed by atoms with van der Waals surface area (Å²) in [6, 6.07) is 5.31. The highest BCUT2D eigenvalue weighted by Crippen LogP contribution is 2.30. The molecule has 0 aliphatic carbocycles. The number of hydrogen-bond donors (Lipinski definition) is 1. The van der Waals surface area contributed by atoms with E-state index in [1.54, 1.807) is 7.05 Å². The molecule has 0 atom stereocenters. The fourth-order valence-electron chi connectivity index (χ4n) is 2.02. The summed E-state index contributed by atoms with van der Waals surface area (Å²) in [6.07, 6.45) is -2.55. The number of nitrogens with one attached hydrogen (secondary N) is 1. The highest BCUT2D eigenvalue weighted by Gasteiger charge is 2.14. The second-order valence-corrected chi connectivity index (χ2v) is 4.12. The van der Waals surface area contributed by atoms with Crippen LogP contribution in [0.25, 0.3) is 10.9 Å². The molecular formula is C13H14F2N2. The molecule has 0 saturated heterocycles. The molecule has 0 saturated carbocycles. The lowest BCUT2D eigenvalue weighted by atomic mass is 10.0. The van der Waals surface area contributed by atoms with Crippen molar-refractivity contribution in [3.63, 3.8) is 0 Å². The van der Waals surface area contributed by atoms with E-state index in [0.717, 1.165) is 16.5 Å². The molecule has 2 rings (SSSR count). The van der Waals surface area contributed by atoms with Crippen molar-refractivity contribution in [1.82, 2.24) is 4.98 Å². The predicted octanol–water partition coefficient (Wildman–Crippen LogP) is 3.83. The van der Waals surface area contributed by atoms with Crippen LogP contribution in [0, 0.1) is 13.8 Å². The quantitative estimate of drug-likeness (QED) is 0.857. The third-order valence-corrected chi connectivity index (χ3v) is 2.76. The van der Waals surface area contributed by atoms with Crippen molar-refractivity contribution < 1.29 is 8.78 Å². The molecule has 17 heavy (non-hydrogen) atoms. The molecule has 0 radical (unpaired) electrons. The highest BCUT2D eigenvalue weighted by molar-refractivity contribution is 5.93. The first-order valence-corrected chi connectivity index (χ1v) is 5.40. The number of aromatic nitrogens is 1. The standard InChI is InChI=1S/C13H14F2N2/c1-7-4-8(2)12-9(5-7)10(16-3)6-11(17-12)13(14)15/h4-6,13H,1-3H3,(H,16,17). The number of rotatable bonds is 2. The largest absolute Gasteiger partial charge is 0.388 e. The first-order chi connectivity index (χ1) is 8.02. The summed E-state index contributed by atoms with van der Waals surface area (Å²) in [5.74, 6) is 0. The fraction of sp³-hybridized carbons (Fsp3) is 0.308. The van der Waals surface area contributed by atoms with Gasteiger partial charge in [-0.1, -0.05) is 11.6 Å². The average molecular weight is 236 g/mol. The maximum absolute atomic E-state index is 12.7. The van der Waals surface area contributed by atoms with Gasteiger partial charge >= 0.3 is 0 Å². The molecule has 2 aromatic rings. The average Bonchev–Trinajstić information content (AvgIpc) is 2.27.